The fraction of sp³-hybridized carbons (Fsp3) is 0.316. The number of rotatable bonds is 3. The maximum absolute atomic E-state index is 12.3. The number of quaternary nitrogens is 1. The van der Waals surface area contributed by atoms with Gasteiger partial charge in [0.25, 0.3) is 11.4 Å². The van der Waals surface area contributed by atoms with E-state index in [1.807, 2.05) is 37.5 Å². The van der Waals surface area contributed by atoms with Crippen LogP contribution in [0.3, 0.4) is 0 Å². The summed E-state index contributed by atoms with van der Waals surface area (Å²) in [5, 5.41) is 0. The summed E-state index contributed by atoms with van der Waals surface area (Å²) < 4.78 is 1.62. The molecule has 3 aromatic rings. The molecule has 4 heterocycles. The van der Waals surface area contributed by atoms with Crippen molar-refractivity contribution < 1.29 is 9.88 Å². The van der Waals surface area contributed by atoms with Crippen LogP contribution in [0.25, 0.3) is 5.65 Å². The summed E-state index contributed by atoms with van der Waals surface area (Å²) in [6, 6.07) is 11.7. The zero-order valence-corrected chi connectivity index (χ0v) is 14.4. The minimum atomic E-state index is 0.000575. The van der Waals surface area contributed by atoms with Crippen LogP contribution in [0.2, 0.25) is 0 Å². The smallest absolute Gasteiger partial charge is 0.274 e. The Labute approximate surface area is 146 Å². The molecule has 0 aromatic carbocycles. The van der Waals surface area contributed by atoms with Crippen molar-refractivity contribution >= 4 is 11.5 Å². The molecule has 4 rings (SSSR count). The van der Waals surface area contributed by atoms with Crippen molar-refractivity contribution in [2.24, 2.45) is 0 Å². The summed E-state index contributed by atoms with van der Waals surface area (Å²) in [4.78, 5) is 24.1. The van der Waals surface area contributed by atoms with Crippen LogP contribution in [-0.2, 0) is 6.54 Å². The van der Waals surface area contributed by atoms with E-state index in [2.05, 4.69) is 27.0 Å². The van der Waals surface area contributed by atoms with Crippen LogP contribution in [0.5, 0.6) is 0 Å². The van der Waals surface area contributed by atoms with Crippen LogP contribution in [-0.4, -0.2) is 35.6 Å². The Morgan fingerprint density at radius 1 is 1.20 bits per heavy atom. The molecule has 0 amide bonds. The Bertz CT molecular complexity index is 929. The molecule has 6 nitrogen and oxygen atoms in total. The second kappa shape index (κ2) is 6.64. The number of H-pyrrole nitrogens is 1. The van der Waals surface area contributed by atoms with E-state index in [0.717, 1.165) is 49.6 Å². The molecule has 1 saturated heterocycles. The SMILES string of the molecule is Cc1ccc2nc(C[NH+]3CCN(c4cccc[nH+]4)CC3)cc(=O)n2c1. The van der Waals surface area contributed by atoms with Gasteiger partial charge >= 0.3 is 0 Å². The number of hydrogen-bond donors (Lipinski definition) is 1. The molecule has 0 aliphatic carbocycles. The van der Waals surface area contributed by atoms with Crippen LogP contribution >= 0.6 is 0 Å². The molecule has 0 atom stereocenters. The number of nitrogens with zero attached hydrogens (tertiary/aromatic N) is 3. The first-order chi connectivity index (χ1) is 12.2. The number of anilines is 1. The van der Waals surface area contributed by atoms with Crippen molar-refractivity contribution in [3.05, 3.63) is 70.4 Å². The Balaban J connectivity index is 1.46. The number of piperazine rings is 1. The van der Waals surface area contributed by atoms with Crippen LogP contribution in [0.4, 0.5) is 5.82 Å². The van der Waals surface area contributed by atoms with Gasteiger partial charge in [0.05, 0.1) is 6.20 Å². The fourth-order valence-electron chi connectivity index (χ4n) is 3.43. The second-order valence-electron chi connectivity index (χ2n) is 6.68. The standard InChI is InChI=1S/C19H21N5O/c1-15-5-6-18-21-16(12-19(25)24(18)13-15)14-22-8-10-23(11-9-22)17-4-2-3-7-20-17/h2-7,12-13H,8-11,14H2,1H3/p+2. The van der Waals surface area contributed by atoms with Gasteiger partial charge in [-0.25, -0.2) is 9.97 Å². The molecule has 6 heteroatoms. The lowest BCUT2D eigenvalue weighted by Gasteiger charge is -2.28. The largest absolute Gasteiger partial charge is 0.323 e. The second-order valence-corrected chi connectivity index (χ2v) is 6.68. The molecule has 0 unspecified atom stereocenters. The van der Waals surface area contributed by atoms with Gasteiger partial charge in [-0.3, -0.25) is 14.1 Å². The highest BCUT2D eigenvalue weighted by Crippen LogP contribution is 2.05. The number of pyridine rings is 2. The van der Waals surface area contributed by atoms with E-state index in [-0.39, 0.29) is 5.56 Å². The fourth-order valence-corrected chi connectivity index (χ4v) is 3.43. The predicted octanol–water partition coefficient (Wildman–Crippen LogP) is -0.278. The Hall–Kier alpha value is -2.73. The summed E-state index contributed by atoms with van der Waals surface area (Å²) in [7, 11) is 0. The summed E-state index contributed by atoms with van der Waals surface area (Å²) >= 11 is 0. The third-order valence-electron chi connectivity index (χ3n) is 4.80. The lowest BCUT2D eigenvalue weighted by molar-refractivity contribution is -0.914. The van der Waals surface area contributed by atoms with Gasteiger partial charge in [0.1, 0.15) is 44.1 Å². The number of fused-ring (bicyclic) bond motifs is 1. The molecule has 3 aromatic heterocycles. The molecule has 1 aliphatic heterocycles. The molecule has 2 N–H and O–H groups in total. The first-order valence-corrected chi connectivity index (χ1v) is 8.73. The van der Waals surface area contributed by atoms with E-state index >= 15 is 0 Å². The van der Waals surface area contributed by atoms with Gasteiger partial charge in [0, 0.05) is 18.3 Å². The maximum Gasteiger partial charge on any atom is 0.274 e. The van der Waals surface area contributed by atoms with Crippen molar-refractivity contribution in [2.75, 3.05) is 31.1 Å². The van der Waals surface area contributed by atoms with Gasteiger partial charge in [-0.2, -0.15) is 0 Å². The van der Waals surface area contributed by atoms with Crippen molar-refractivity contribution in [1.29, 1.82) is 0 Å². The third kappa shape index (κ3) is 3.39. The molecule has 0 bridgehead atoms. The lowest BCUT2D eigenvalue weighted by atomic mass is 10.2. The number of hydrogen-bond acceptors (Lipinski definition) is 3. The number of aromatic amines is 1. The van der Waals surface area contributed by atoms with Crippen LogP contribution < -0.4 is 20.3 Å². The number of aryl methyl sites for hydroxylation is 1. The van der Waals surface area contributed by atoms with Gasteiger partial charge in [-0.1, -0.05) is 12.1 Å². The minimum absolute atomic E-state index is 0.000575. The van der Waals surface area contributed by atoms with Crippen molar-refractivity contribution in [3.63, 3.8) is 0 Å². The highest BCUT2D eigenvalue weighted by Gasteiger charge is 2.26. The maximum atomic E-state index is 12.3. The van der Waals surface area contributed by atoms with Gasteiger partial charge in [-0.15, -0.1) is 0 Å². The van der Waals surface area contributed by atoms with Crippen molar-refractivity contribution in [2.45, 2.75) is 13.5 Å². The summed E-state index contributed by atoms with van der Waals surface area (Å²) in [5.74, 6) is 1.17. The van der Waals surface area contributed by atoms with E-state index in [9.17, 15) is 4.79 Å². The molecular formula is C19H23N5O+2. The van der Waals surface area contributed by atoms with E-state index in [1.165, 1.54) is 10.7 Å². The van der Waals surface area contributed by atoms with Gasteiger partial charge in [0.2, 0.25) is 0 Å². The minimum Gasteiger partial charge on any atom is -0.323 e. The molecule has 0 saturated carbocycles. The van der Waals surface area contributed by atoms with Crippen molar-refractivity contribution in [1.82, 2.24) is 9.38 Å². The molecular weight excluding hydrogens is 314 g/mol. The van der Waals surface area contributed by atoms with Gasteiger partial charge in [-0.05, 0) is 24.6 Å². The third-order valence-corrected chi connectivity index (χ3v) is 4.80. The summed E-state index contributed by atoms with van der Waals surface area (Å²) in [5.41, 5.74) is 2.66. The normalized spacial score (nSPS) is 15.6. The first-order valence-electron chi connectivity index (χ1n) is 8.73. The monoisotopic (exact) mass is 337 g/mol. The average molecular weight is 337 g/mol. The average Bonchev–Trinajstić information content (AvgIpc) is 2.64. The Kier molecular flexibility index (Phi) is 4.19. The molecule has 128 valence electrons. The highest BCUT2D eigenvalue weighted by atomic mass is 16.1. The zero-order valence-electron chi connectivity index (χ0n) is 14.4. The Morgan fingerprint density at radius 2 is 2.04 bits per heavy atom. The Morgan fingerprint density at radius 3 is 2.80 bits per heavy atom. The molecule has 1 fully saturated rings. The quantitative estimate of drug-likeness (QED) is 0.715. The summed E-state index contributed by atoms with van der Waals surface area (Å²) in [6.07, 6.45) is 3.80. The van der Waals surface area contributed by atoms with Crippen LogP contribution in [0.15, 0.2) is 53.6 Å². The van der Waals surface area contributed by atoms with Gasteiger partial charge in [0.15, 0.2) is 0 Å². The lowest BCUT2D eigenvalue weighted by Crippen LogP contribution is -3.13. The molecule has 25 heavy (non-hydrogen) atoms. The highest BCUT2D eigenvalue weighted by molar-refractivity contribution is 5.39. The summed E-state index contributed by atoms with van der Waals surface area (Å²) in [6.45, 7) is 6.86. The molecule has 0 spiro atoms. The topological polar surface area (TPSA) is 56.2 Å². The van der Waals surface area contributed by atoms with Gasteiger partial charge < -0.3 is 4.90 Å². The van der Waals surface area contributed by atoms with E-state index in [0.29, 0.717) is 0 Å². The number of aromatic nitrogens is 3. The number of nitrogens with one attached hydrogen (secondary N) is 2. The first kappa shape index (κ1) is 15.8. The van der Waals surface area contributed by atoms with Crippen molar-refractivity contribution in [3.8, 4) is 0 Å². The van der Waals surface area contributed by atoms with Crippen LogP contribution in [0.1, 0.15) is 11.3 Å². The van der Waals surface area contributed by atoms with E-state index < -0.39 is 0 Å². The van der Waals surface area contributed by atoms with E-state index in [4.69, 9.17) is 0 Å². The predicted molar refractivity (Wildman–Crippen MR) is 95.8 cm³/mol. The zero-order chi connectivity index (χ0) is 17.2. The van der Waals surface area contributed by atoms with Crippen LogP contribution in [0, 0.1) is 6.92 Å². The molecule has 1 aliphatic rings. The van der Waals surface area contributed by atoms with E-state index in [1.54, 1.807) is 10.5 Å². The molecule has 0 radical (unpaired) electrons.